The van der Waals surface area contributed by atoms with E-state index in [-0.39, 0.29) is 43.2 Å². The number of benzene rings is 1. The first-order valence-corrected chi connectivity index (χ1v) is 18.1. The lowest BCUT2D eigenvalue weighted by atomic mass is 9.86. The number of aromatic nitrogens is 1. The summed E-state index contributed by atoms with van der Waals surface area (Å²) in [4.78, 5) is 47.0. The number of ether oxygens (including phenoxy) is 3. The fraction of sp³-hybridized carbons (Fsp3) is 0.543. The molecule has 2 aromatic rings. The van der Waals surface area contributed by atoms with Gasteiger partial charge in [0.05, 0.1) is 37.7 Å². The molecule has 6 atom stereocenters. The summed E-state index contributed by atoms with van der Waals surface area (Å²) in [6.07, 6.45) is 3.21. The highest BCUT2D eigenvalue weighted by Gasteiger charge is 2.62. The summed E-state index contributed by atoms with van der Waals surface area (Å²) >= 11 is 8.32. The van der Waals surface area contributed by atoms with Gasteiger partial charge in [0, 0.05) is 29.3 Å². The highest BCUT2D eigenvalue weighted by molar-refractivity contribution is 7.13. The van der Waals surface area contributed by atoms with Gasteiger partial charge in [-0.25, -0.2) is 9.78 Å². The van der Waals surface area contributed by atoms with Gasteiger partial charge in [-0.2, -0.15) is 5.48 Å². The van der Waals surface area contributed by atoms with E-state index in [9.17, 15) is 24.7 Å². The van der Waals surface area contributed by atoms with Crippen molar-refractivity contribution in [1.82, 2.24) is 20.7 Å². The van der Waals surface area contributed by atoms with E-state index in [2.05, 4.69) is 28.0 Å². The topological polar surface area (TPSA) is 184 Å². The maximum absolute atomic E-state index is 14.0. The summed E-state index contributed by atoms with van der Waals surface area (Å²) in [5.41, 5.74) is 2.01. The number of anilines is 2. The Morgan fingerprint density at radius 1 is 1.29 bits per heavy atom. The van der Waals surface area contributed by atoms with Gasteiger partial charge in [0.25, 0.3) is 0 Å². The number of aliphatic hydroxyl groups is 1. The number of methoxy groups -OCH3 is 1. The molecule has 0 spiro atoms. The molecule has 14 nitrogen and oxygen atoms in total. The fourth-order valence-corrected chi connectivity index (χ4v) is 7.61. The van der Waals surface area contributed by atoms with Gasteiger partial charge in [-0.05, 0) is 43.9 Å². The molecule has 278 valence electrons. The van der Waals surface area contributed by atoms with Crippen LogP contribution in [0.4, 0.5) is 10.8 Å². The standard InChI is InChI=1S/C35H47ClN6O8S/c1-8-19-15-35(19,32(46)48-7)40-30(44)24-13-20(16-42(24)31(45)29(41-47)34(4,5)6)50-26-14-22(23-17-51-33(39-23)37-18(2)3)38-28-21(26)9-10-25(27(28)36)49-12-11-43/h8-10,14,17-20,22,24,29,38,41,43,47H,1,11-13,15-16H2,2-7H3,(H,37,39)(H,40,44)/t19-,20-,22?,24+,29-,35?/m1/s1. The van der Waals surface area contributed by atoms with E-state index in [0.717, 1.165) is 5.13 Å². The molecule has 3 aliphatic rings. The second-order valence-corrected chi connectivity index (χ2v) is 15.5. The third kappa shape index (κ3) is 7.97. The number of rotatable bonds is 14. The molecule has 2 aliphatic heterocycles. The number of thiazole rings is 1. The van der Waals surface area contributed by atoms with Crippen LogP contribution in [0, 0.1) is 11.3 Å². The van der Waals surface area contributed by atoms with E-state index in [1.54, 1.807) is 39.0 Å². The lowest BCUT2D eigenvalue weighted by molar-refractivity contribution is -0.149. The largest absolute Gasteiger partial charge is 0.490 e. The van der Waals surface area contributed by atoms with Crippen LogP contribution in [-0.4, -0.2) is 94.6 Å². The summed E-state index contributed by atoms with van der Waals surface area (Å²) in [5, 5.41) is 31.9. The van der Waals surface area contributed by atoms with E-state index < -0.39 is 53.0 Å². The lowest BCUT2D eigenvalue weighted by Gasteiger charge is -2.34. The molecule has 1 aliphatic carbocycles. The van der Waals surface area contributed by atoms with E-state index in [4.69, 9.17) is 30.8 Å². The van der Waals surface area contributed by atoms with Crippen LogP contribution < -0.4 is 26.2 Å². The SMILES string of the molecule is C=C[C@@H]1CC1(NC(=O)[C@@H]1C[C@@H](OC2=CC(c3csc(NC(C)C)n3)Nc3c2ccc(OCCO)c3Cl)CN1C(=O)[C@@H](NO)C(C)(C)C)C(=O)OC. The van der Waals surface area contributed by atoms with Gasteiger partial charge in [0.2, 0.25) is 11.8 Å². The Balaban J connectivity index is 1.49. The summed E-state index contributed by atoms with van der Waals surface area (Å²) in [6.45, 7) is 13.1. The molecule has 2 unspecified atom stereocenters. The molecule has 2 amide bonds. The number of hydrogen-bond acceptors (Lipinski definition) is 13. The van der Waals surface area contributed by atoms with Gasteiger partial charge in [-0.1, -0.05) is 38.4 Å². The van der Waals surface area contributed by atoms with Crippen LogP contribution in [0.1, 0.15) is 64.8 Å². The first kappa shape index (κ1) is 38.3. The summed E-state index contributed by atoms with van der Waals surface area (Å²) in [7, 11) is 1.25. The maximum Gasteiger partial charge on any atom is 0.332 e. The van der Waals surface area contributed by atoms with Crippen molar-refractivity contribution in [3.63, 3.8) is 0 Å². The number of esters is 1. The number of nitrogens with zero attached hydrogens (tertiary/aromatic N) is 2. The minimum atomic E-state index is -1.27. The number of carbonyl (C=O) groups excluding carboxylic acids is 3. The van der Waals surface area contributed by atoms with Crippen LogP contribution in [0.15, 0.2) is 36.2 Å². The fourth-order valence-electron chi connectivity index (χ4n) is 6.44. The van der Waals surface area contributed by atoms with Crippen LogP contribution in [0.2, 0.25) is 5.02 Å². The van der Waals surface area contributed by atoms with Crippen LogP contribution >= 0.6 is 22.9 Å². The predicted molar refractivity (Wildman–Crippen MR) is 194 cm³/mol. The number of fused-ring (bicyclic) bond motifs is 1. The molecule has 3 heterocycles. The van der Waals surface area contributed by atoms with E-state index in [1.807, 2.05) is 25.3 Å². The van der Waals surface area contributed by atoms with Gasteiger partial charge in [-0.3, -0.25) is 9.59 Å². The molecule has 1 saturated carbocycles. The Kier molecular flexibility index (Phi) is 11.6. The van der Waals surface area contributed by atoms with Crippen molar-refractivity contribution in [2.24, 2.45) is 11.3 Å². The van der Waals surface area contributed by atoms with Gasteiger partial charge < -0.3 is 45.4 Å². The number of carbonyl (C=O) groups is 3. The van der Waals surface area contributed by atoms with Crippen molar-refractivity contribution in [2.45, 2.75) is 83.3 Å². The van der Waals surface area contributed by atoms with Crippen LogP contribution in [0.3, 0.4) is 0 Å². The Morgan fingerprint density at radius 3 is 2.65 bits per heavy atom. The average molecular weight is 747 g/mol. The molecule has 6 N–H and O–H groups in total. The van der Waals surface area contributed by atoms with Crippen molar-refractivity contribution in [2.75, 3.05) is 37.5 Å². The zero-order valence-corrected chi connectivity index (χ0v) is 31.2. The number of halogens is 1. The van der Waals surface area contributed by atoms with Gasteiger partial charge >= 0.3 is 5.97 Å². The second-order valence-electron chi connectivity index (χ2n) is 14.3. The number of aliphatic hydroxyl groups excluding tert-OH is 1. The number of amides is 2. The lowest BCUT2D eigenvalue weighted by Crippen LogP contribution is -2.58. The third-order valence-corrected chi connectivity index (χ3v) is 10.3. The molecule has 2 fully saturated rings. The Morgan fingerprint density at radius 2 is 2.04 bits per heavy atom. The summed E-state index contributed by atoms with van der Waals surface area (Å²) in [5.74, 6) is -1.15. The molecule has 0 radical (unpaired) electrons. The first-order valence-electron chi connectivity index (χ1n) is 16.8. The average Bonchev–Trinajstić information content (AvgIpc) is 3.36. The second kappa shape index (κ2) is 15.4. The van der Waals surface area contributed by atoms with E-state index >= 15 is 0 Å². The molecule has 5 rings (SSSR count). The highest BCUT2D eigenvalue weighted by atomic mass is 35.5. The number of likely N-dealkylation sites (tertiary alicyclic amines) is 1. The molecule has 1 aromatic heterocycles. The third-order valence-electron chi connectivity index (χ3n) is 9.17. The van der Waals surface area contributed by atoms with Crippen molar-refractivity contribution < 1.29 is 38.9 Å². The monoisotopic (exact) mass is 746 g/mol. The van der Waals surface area contributed by atoms with Gasteiger partial charge in [-0.15, -0.1) is 17.9 Å². The molecule has 1 saturated heterocycles. The molecular formula is C35H47ClN6O8S. The van der Waals surface area contributed by atoms with Crippen LogP contribution in [0.5, 0.6) is 5.75 Å². The Labute approximate surface area is 306 Å². The minimum Gasteiger partial charge on any atom is -0.490 e. The van der Waals surface area contributed by atoms with Crippen molar-refractivity contribution in [3.05, 3.63) is 52.5 Å². The Hall–Kier alpha value is -3.89. The summed E-state index contributed by atoms with van der Waals surface area (Å²) in [6, 6.07) is 1.10. The number of hydrogen-bond donors (Lipinski definition) is 6. The van der Waals surface area contributed by atoms with Crippen LogP contribution in [0.25, 0.3) is 5.76 Å². The summed E-state index contributed by atoms with van der Waals surface area (Å²) < 4.78 is 17.4. The smallest absolute Gasteiger partial charge is 0.332 e. The first-order chi connectivity index (χ1) is 24.2. The van der Waals surface area contributed by atoms with Crippen LogP contribution in [-0.2, 0) is 23.9 Å². The van der Waals surface area contributed by atoms with Crippen molar-refractivity contribution in [3.8, 4) is 5.75 Å². The number of hydroxylamine groups is 1. The van der Waals surface area contributed by atoms with Gasteiger partial charge in [0.1, 0.15) is 46.9 Å². The quantitative estimate of drug-likeness (QED) is 0.0926. The van der Waals surface area contributed by atoms with Crippen molar-refractivity contribution >= 4 is 57.3 Å². The zero-order valence-electron chi connectivity index (χ0n) is 29.6. The Bertz CT molecular complexity index is 1680. The molecule has 51 heavy (non-hydrogen) atoms. The normalized spacial score (nSPS) is 24.5. The predicted octanol–water partition coefficient (Wildman–Crippen LogP) is 4.11. The van der Waals surface area contributed by atoms with Gasteiger partial charge in [0.15, 0.2) is 5.13 Å². The van der Waals surface area contributed by atoms with E-state index in [1.165, 1.54) is 23.3 Å². The maximum atomic E-state index is 14.0. The molecule has 0 bridgehead atoms. The zero-order chi connectivity index (χ0) is 37.2. The highest BCUT2D eigenvalue weighted by Crippen LogP contribution is 2.47. The molecule has 16 heteroatoms. The molecule has 1 aromatic carbocycles. The van der Waals surface area contributed by atoms with Crippen molar-refractivity contribution in [1.29, 1.82) is 0 Å². The van der Waals surface area contributed by atoms with E-state index in [0.29, 0.717) is 34.9 Å². The minimum absolute atomic E-state index is 0.0106. The molecular weight excluding hydrogens is 700 g/mol. The number of nitrogens with one attached hydrogen (secondary N) is 4.